The highest BCUT2D eigenvalue weighted by atomic mass is 16.5. The van der Waals surface area contributed by atoms with Gasteiger partial charge in [0.25, 0.3) is 0 Å². The van der Waals surface area contributed by atoms with E-state index in [4.69, 9.17) is 10.00 Å². The third-order valence-electron chi connectivity index (χ3n) is 1.78. The number of nitrogens with zero attached hydrogens (tertiary/aromatic N) is 2. The summed E-state index contributed by atoms with van der Waals surface area (Å²) < 4.78 is 5.04. The van der Waals surface area contributed by atoms with Gasteiger partial charge in [-0.1, -0.05) is 0 Å². The number of hydrogen-bond acceptors (Lipinski definition) is 4. The van der Waals surface area contributed by atoms with E-state index in [1.165, 1.54) is 4.90 Å². The van der Waals surface area contributed by atoms with Crippen molar-refractivity contribution in [2.24, 2.45) is 0 Å². The molecule has 6 heteroatoms. The largest absolute Gasteiger partial charge is 0.378 e. The molecule has 0 aliphatic carbocycles. The number of ether oxygens (including phenoxy) is 1. The summed E-state index contributed by atoms with van der Waals surface area (Å²) in [5.41, 5.74) is 0. The molecular formula is C8H11N3O3. The van der Waals surface area contributed by atoms with Crippen molar-refractivity contribution in [2.75, 3.05) is 26.3 Å². The van der Waals surface area contributed by atoms with Gasteiger partial charge >= 0.3 is 6.03 Å². The average molecular weight is 197 g/mol. The number of morpholine rings is 1. The van der Waals surface area contributed by atoms with Crippen molar-refractivity contribution in [1.82, 2.24) is 10.2 Å². The maximum Gasteiger partial charge on any atom is 0.324 e. The minimum Gasteiger partial charge on any atom is -0.378 e. The van der Waals surface area contributed by atoms with Crippen molar-refractivity contribution in [3.8, 4) is 6.07 Å². The first-order valence-electron chi connectivity index (χ1n) is 4.27. The lowest BCUT2D eigenvalue weighted by molar-refractivity contribution is -0.119. The fourth-order valence-electron chi connectivity index (χ4n) is 1.08. The van der Waals surface area contributed by atoms with Gasteiger partial charge in [-0.15, -0.1) is 0 Å². The quantitative estimate of drug-likeness (QED) is 0.612. The third kappa shape index (κ3) is 3.03. The maximum atomic E-state index is 11.3. The highest BCUT2D eigenvalue weighted by Crippen LogP contribution is 1.96. The van der Waals surface area contributed by atoms with Gasteiger partial charge in [-0.25, -0.2) is 4.79 Å². The van der Waals surface area contributed by atoms with Crippen LogP contribution in [-0.4, -0.2) is 43.1 Å². The van der Waals surface area contributed by atoms with Crippen LogP contribution in [0, 0.1) is 11.3 Å². The lowest BCUT2D eigenvalue weighted by atomic mass is 10.4. The highest BCUT2D eigenvalue weighted by Gasteiger charge is 2.18. The van der Waals surface area contributed by atoms with E-state index < -0.39 is 11.9 Å². The highest BCUT2D eigenvalue weighted by molar-refractivity contribution is 5.95. The van der Waals surface area contributed by atoms with Crippen LogP contribution in [0.1, 0.15) is 6.42 Å². The molecule has 1 rings (SSSR count). The van der Waals surface area contributed by atoms with Crippen molar-refractivity contribution in [1.29, 1.82) is 5.26 Å². The smallest absolute Gasteiger partial charge is 0.324 e. The van der Waals surface area contributed by atoms with E-state index in [0.717, 1.165) is 0 Å². The van der Waals surface area contributed by atoms with Gasteiger partial charge < -0.3 is 9.64 Å². The van der Waals surface area contributed by atoms with Gasteiger partial charge in [0.05, 0.1) is 19.3 Å². The Morgan fingerprint density at radius 2 is 2.07 bits per heavy atom. The van der Waals surface area contributed by atoms with Gasteiger partial charge in [0, 0.05) is 13.1 Å². The van der Waals surface area contributed by atoms with Crippen molar-refractivity contribution in [3.63, 3.8) is 0 Å². The Morgan fingerprint density at radius 3 is 2.64 bits per heavy atom. The number of rotatable bonds is 1. The van der Waals surface area contributed by atoms with E-state index in [9.17, 15) is 9.59 Å². The first-order valence-corrected chi connectivity index (χ1v) is 4.27. The molecule has 1 fully saturated rings. The molecule has 3 amide bonds. The summed E-state index contributed by atoms with van der Waals surface area (Å²) in [6.07, 6.45) is -0.296. The lowest BCUT2D eigenvalue weighted by Crippen LogP contribution is -2.47. The van der Waals surface area contributed by atoms with Crippen LogP contribution in [0.15, 0.2) is 0 Å². The van der Waals surface area contributed by atoms with E-state index in [2.05, 4.69) is 5.32 Å². The van der Waals surface area contributed by atoms with Crippen molar-refractivity contribution in [2.45, 2.75) is 6.42 Å². The van der Waals surface area contributed by atoms with Gasteiger partial charge in [-0.05, 0) is 0 Å². The molecule has 0 aromatic carbocycles. The molecule has 0 aromatic rings. The number of carbonyl (C=O) groups is 2. The van der Waals surface area contributed by atoms with Gasteiger partial charge in [0.1, 0.15) is 6.42 Å². The molecule has 1 saturated heterocycles. The number of nitrogens with one attached hydrogen (secondary N) is 1. The summed E-state index contributed by atoms with van der Waals surface area (Å²) in [4.78, 5) is 23.7. The molecule has 0 bridgehead atoms. The van der Waals surface area contributed by atoms with Crippen LogP contribution in [-0.2, 0) is 9.53 Å². The second-order valence-corrected chi connectivity index (χ2v) is 2.79. The van der Waals surface area contributed by atoms with Gasteiger partial charge in [-0.3, -0.25) is 10.1 Å². The van der Waals surface area contributed by atoms with E-state index in [1.807, 2.05) is 0 Å². The van der Waals surface area contributed by atoms with Crippen LogP contribution in [0.5, 0.6) is 0 Å². The molecule has 0 atom stereocenters. The summed E-state index contributed by atoms with van der Waals surface area (Å²) in [5.74, 6) is -0.566. The zero-order chi connectivity index (χ0) is 10.4. The number of carbonyl (C=O) groups excluding carboxylic acids is 2. The van der Waals surface area contributed by atoms with Crippen molar-refractivity contribution < 1.29 is 14.3 Å². The number of urea groups is 1. The van der Waals surface area contributed by atoms with Crippen molar-refractivity contribution >= 4 is 11.9 Å². The fourth-order valence-corrected chi connectivity index (χ4v) is 1.08. The Bertz CT molecular complexity index is 265. The Balaban J connectivity index is 2.33. The number of amides is 3. The number of hydrogen-bond donors (Lipinski definition) is 1. The first-order chi connectivity index (χ1) is 6.74. The minimum absolute atomic E-state index is 0.296. The molecule has 1 aliphatic rings. The van der Waals surface area contributed by atoms with E-state index >= 15 is 0 Å². The average Bonchev–Trinajstić information content (AvgIpc) is 2.19. The molecule has 1 N–H and O–H groups in total. The van der Waals surface area contributed by atoms with Crippen LogP contribution in [0.25, 0.3) is 0 Å². The SMILES string of the molecule is N#CCC(=O)NC(=O)N1CCOCC1. The standard InChI is InChI=1S/C8H11N3O3/c9-2-1-7(12)10-8(13)11-3-5-14-6-4-11/h1,3-6H2,(H,10,12,13). The van der Waals surface area contributed by atoms with Crippen LogP contribution in [0.4, 0.5) is 4.79 Å². The van der Waals surface area contributed by atoms with Crippen LogP contribution in [0.2, 0.25) is 0 Å². The summed E-state index contributed by atoms with van der Waals surface area (Å²) in [5, 5.41) is 10.3. The summed E-state index contributed by atoms with van der Waals surface area (Å²) >= 11 is 0. The zero-order valence-electron chi connectivity index (χ0n) is 7.65. The normalized spacial score (nSPS) is 15.8. The molecule has 0 unspecified atom stereocenters. The topological polar surface area (TPSA) is 82.4 Å². The van der Waals surface area contributed by atoms with Gasteiger partial charge in [-0.2, -0.15) is 5.26 Å². The molecule has 0 spiro atoms. The minimum atomic E-state index is -0.566. The molecule has 1 heterocycles. The molecule has 14 heavy (non-hydrogen) atoms. The third-order valence-corrected chi connectivity index (χ3v) is 1.78. The van der Waals surface area contributed by atoms with E-state index in [1.54, 1.807) is 6.07 Å². The van der Waals surface area contributed by atoms with E-state index in [0.29, 0.717) is 26.3 Å². The molecule has 0 radical (unpaired) electrons. The zero-order valence-corrected chi connectivity index (χ0v) is 7.65. The molecular weight excluding hydrogens is 186 g/mol. The Hall–Kier alpha value is -1.61. The molecule has 76 valence electrons. The Labute approximate surface area is 81.4 Å². The molecule has 0 saturated carbocycles. The van der Waals surface area contributed by atoms with Gasteiger partial charge in [0.2, 0.25) is 5.91 Å². The second-order valence-electron chi connectivity index (χ2n) is 2.79. The van der Waals surface area contributed by atoms with Crippen LogP contribution < -0.4 is 5.32 Å². The molecule has 0 aromatic heterocycles. The van der Waals surface area contributed by atoms with Crippen molar-refractivity contribution in [3.05, 3.63) is 0 Å². The Morgan fingerprint density at radius 1 is 1.43 bits per heavy atom. The predicted octanol–water partition coefficient (Wildman–Crippen LogP) is -0.532. The molecule has 1 aliphatic heterocycles. The number of imide groups is 1. The second kappa shape index (κ2) is 5.19. The summed E-state index contributed by atoms with van der Waals surface area (Å²) in [7, 11) is 0. The van der Waals surface area contributed by atoms with Gasteiger partial charge in [0.15, 0.2) is 0 Å². The Kier molecular flexibility index (Phi) is 3.88. The summed E-state index contributed by atoms with van der Waals surface area (Å²) in [6, 6.07) is 1.22. The van der Waals surface area contributed by atoms with Crippen LogP contribution in [0.3, 0.4) is 0 Å². The first kappa shape index (κ1) is 10.5. The fraction of sp³-hybridized carbons (Fsp3) is 0.625. The predicted molar refractivity (Wildman–Crippen MR) is 46.2 cm³/mol. The molecule has 6 nitrogen and oxygen atoms in total. The number of nitriles is 1. The summed E-state index contributed by atoms with van der Waals surface area (Å²) in [6.45, 7) is 1.93. The van der Waals surface area contributed by atoms with E-state index in [-0.39, 0.29) is 6.42 Å². The monoisotopic (exact) mass is 197 g/mol. The maximum absolute atomic E-state index is 11.3. The van der Waals surface area contributed by atoms with Crippen LogP contribution >= 0.6 is 0 Å². The lowest BCUT2D eigenvalue weighted by Gasteiger charge is -2.26.